The number of carbonyl (C=O) groups excluding carboxylic acids is 1. The third kappa shape index (κ3) is 3.94. The Hall–Kier alpha value is -2.94. The number of nitriles is 1. The van der Waals surface area contributed by atoms with Gasteiger partial charge in [0.05, 0.1) is 6.07 Å². The first-order valence-corrected chi connectivity index (χ1v) is 7.91. The molecule has 0 N–H and O–H groups in total. The molecular formula is C19H16F2N2O2. The molecule has 0 aliphatic carbocycles. The summed E-state index contributed by atoms with van der Waals surface area (Å²) in [6.45, 7) is 0.658. The van der Waals surface area contributed by atoms with Crippen molar-refractivity contribution in [3.05, 3.63) is 59.7 Å². The van der Waals surface area contributed by atoms with Crippen molar-refractivity contribution in [2.45, 2.75) is 19.4 Å². The molecule has 1 atom stereocenters. The molecule has 1 aliphatic rings. The summed E-state index contributed by atoms with van der Waals surface area (Å²) in [4.78, 5) is 13.7. The predicted molar refractivity (Wildman–Crippen MR) is 87.8 cm³/mol. The molecule has 0 spiro atoms. The number of amides is 1. The Morgan fingerprint density at radius 3 is 2.60 bits per heavy atom. The van der Waals surface area contributed by atoms with Gasteiger partial charge in [0.15, 0.2) is 11.6 Å². The Balaban J connectivity index is 1.61. The largest absolute Gasteiger partial charge is 0.489 e. The van der Waals surface area contributed by atoms with E-state index in [0.717, 1.165) is 17.8 Å². The standard InChI is InChI=1S/C19H16F2N2O2/c20-17-6-1-14(9-18(17)21)12-25-16-4-2-15(3-5-16)23-11-13(7-8-22)10-19(23)24/h1-6,9,13H,7,10-12H2/t13-/m1/s1. The molecule has 6 heteroatoms. The smallest absolute Gasteiger partial charge is 0.227 e. The van der Waals surface area contributed by atoms with Gasteiger partial charge in [-0.2, -0.15) is 5.26 Å². The maximum Gasteiger partial charge on any atom is 0.227 e. The van der Waals surface area contributed by atoms with Gasteiger partial charge in [0.1, 0.15) is 12.4 Å². The number of rotatable bonds is 5. The molecular weight excluding hydrogens is 326 g/mol. The third-order valence-corrected chi connectivity index (χ3v) is 4.12. The number of halogens is 2. The molecule has 1 aliphatic heterocycles. The van der Waals surface area contributed by atoms with Crippen molar-refractivity contribution in [1.82, 2.24) is 0 Å². The first kappa shape index (κ1) is 16.9. The van der Waals surface area contributed by atoms with Crippen LogP contribution in [0.3, 0.4) is 0 Å². The van der Waals surface area contributed by atoms with E-state index in [2.05, 4.69) is 6.07 Å². The van der Waals surface area contributed by atoms with E-state index >= 15 is 0 Å². The second-order valence-corrected chi connectivity index (χ2v) is 5.97. The summed E-state index contributed by atoms with van der Waals surface area (Å²) < 4.78 is 31.6. The number of ether oxygens (including phenoxy) is 1. The third-order valence-electron chi connectivity index (χ3n) is 4.12. The lowest BCUT2D eigenvalue weighted by atomic mass is 10.1. The number of anilines is 1. The van der Waals surface area contributed by atoms with Crippen LogP contribution in [-0.2, 0) is 11.4 Å². The van der Waals surface area contributed by atoms with E-state index in [0.29, 0.717) is 30.7 Å². The van der Waals surface area contributed by atoms with Crippen molar-refractivity contribution in [3.8, 4) is 11.8 Å². The minimum atomic E-state index is -0.907. The molecule has 0 unspecified atom stereocenters. The molecule has 0 radical (unpaired) electrons. The molecule has 1 saturated heterocycles. The molecule has 2 aromatic rings. The average molecular weight is 342 g/mol. The number of nitrogens with zero attached hydrogens (tertiary/aromatic N) is 2. The van der Waals surface area contributed by atoms with Crippen LogP contribution in [0.2, 0.25) is 0 Å². The molecule has 2 aromatic carbocycles. The zero-order valence-corrected chi connectivity index (χ0v) is 13.4. The van der Waals surface area contributed by atoms with Crippen LogP contribution < -0.4 is 9.64 Å². The summed E-state index contributed by atoms with van der Waals surface area (Å²) in [7, 11) is 0. The zero-order chi connectivity index (χ0) is 17.8. The maximum atomic E-state index is 13.2. The fraction of sp³-hybridized carbons (Fsp3) is 0.263. The van der Waals surface area contributed by atoms with Crippen molar-refractivity contribution in [2.24, 2.45) is 5.92 Å². The molecule has 1 amide bonds. The summed E-state index contributed by atoms with van der Waals surface area (Å²) >= 11 is 0. The molecule has 4 nitrogen and oxygen atoms in total. The van der Waals surface area contributed by atoms with Crippen molar-refractivity contribution >= 4 is 11.6 Å². The van der Waals surface area contributed by atoms with Crippen LogP contribution >= 0.6 is 0 Å². The molecule has 1 heterocycles. The van der Waals surface area contributed by atoms with E-state index in [1.54, 1.807) is 29.2 Å². The van der Waals surface area contributed by atoms with Gasteiger partial charge in [0.25, 0.3) is 0 Å². The highest BCUT2D eigenvalue weighted by atomic mass is 19.2. The second-order valence-electron chi connectivity index (χ2n) is 5.97. The zero-order valence-electron chi connectivity index (χ0n) is 13.4. The van der Waals surface area contributed by atoms with Gasteiger partial charge < -0.3 is 9.64 Å². The fourth-order valence-electron chi connectivity index (χ4n) is 2.82. The molecule has 25 heavy (non-hydrogen) atoms. The van der Waals surface area contributed by atoms with E-state index in [9.17, 15) is 13.6 Å². The van der Waals surface area contributed by atoms with E-state index in [4.69, 9.17) is 10.00 Å². The van der Waals surface area contributed by atoms with Gasteiger partial charge in [-0.05, 0) is 47.9 Å². The van der Waals surface area contributed by atoms with Gasteiger partial charge in [0.2, 0.25) is 5.91 Å². The van der Waals surface area contributed by atoms with Crippen LogP contribution in [0.15, 0.2) is 42.5 Å². The second kappa shape index (κ2) is 7.31. The SMILES string of the molecule is N#CC[C@@H]1CC(=O)N(c2ccc(OCc3ccc(F)c(F)c3)cc2)C1. The van der Waals surface area contributed by atoms with E-state index in [1.807, 2.05) is 0 Å². The normalized spacial score (nSPS) is 16.8. The number of carbonyl (C=O) groups is 1. The summed E-state index contributed by atoms with van der Waals surface area (Å²) in [6, 6.07) is 12.7. The highest BCUT2D eigenvalue weighted by Gasteiger charge is 2.30. The van der Waals surface area contributed by atoms with E-state index in [-0.39, 0.29) is 18.4 Å². The summed E-state index contributed by atoms with van der Waals surface area (Å²) in [5, 5.41) is 8.75. The molecule has 3 rings (SSSR count). The lowest BCUT2D eigenvalue weighted by Crippen LogP contribution is -2.24. The summed E-state index contributed by atoms with van der Waals surface area (Å²) in [5.74, 6) is -1.15. The Morgan fingerprint density at radius 2 is 1.92 bits per heavy atom. The van der Waals surface area contributed by atoms with Crippen molar-refractivity contribution in [1.29, 1.82) is 5.26 Å². The topological polar surface area (TPSA) is 53.3 Å². The lowest BCUT2D eigenvalue weighted by molar-refractivity contribution is -0.117. The van der Waals surface area contributed by atoms with Crippen LogP contribution in [0, 0.1) is 28.9 Å². The maximum absolute atomic E-state index is 13.2. The van der Waals surface area contributed by atoms with Gasteiger partial charge in [-0.25, -0.2) is 8.78 Å². The first-order valence-electron chi connectivity index (χ1n) is 7.91. The van der Waals surface area contributed by atoms with E-state index in [1.165, 1.54) is 6.07 Å². The molecule has 0 saturated carbocycles. The Labute approximate surface area is 144 Å². The van der Waals surface area contributed by atoms with Crippen LogP contribution in [0.4, 0.5) is 14.5 Å². The van der Waals surface area contributed by atoms with Crippen molar-refractivity contribution in [3.63, 3.8) is 0 Å². The fourth-order valence-corrected chi connectivity index (χ4v) is 2.82. The number of hydrogen-bond acceptors (Lipinski definition) is 3. The van der Waals surface area contributed by atoms with Gasteiger partial charge >= 0.3 is 0 Å². The van der Waals surface area contributed by atoms with Crippen LogP contribution in [0.25, 0.3) is 0 Å². The van der Waals surface area contributed by atoms with E-state index < -0.39 is 11.6 Å². The molecule has 1 fully saturated rings. The first-order chi connectivity index (χ1) is 12.1. The van der Waals surface area contributed by atoms with Gasteiger partial charge in [-0.15, -0.1) is 0 Å². The monoisotopic (exact) mass is 342 g/mol. The van der Waals surface area contributed by atoms with Crippen LogP contribution in [0.1, 0.15) is 18.4 Å². The number of hydrogen-bond donors (Lipinski definition) is 0. The van der Waals surface area contributed by atoms with Crippen molar-refractivity contribution < 1.29 is 18.3 Å². The molecule has 0 bridgehead atoms. The van der Waals surface area contributed by atoms with Crippen LogP contribution in [-0.4, -0.2) is 12.5 Å². The minimum absolute atomic E-state index is 0.00991. The van der Waals surface area contributed by atoms with Gasteiger partial charge in [-0.1, -0.05) is 6.07 Å². The molecule has 128 valence electrons. The van der Waals surface area contributed by atoms with Gasteiger partial charge in [0, 0.05) is 25.1 Å². The summed E-state index contributed by atoms with van der Waals surface area (Å²) in [6.07, 6.45) is 0.763. The Bertz CT molecular complexity index is 815. The highest BCUT2D eigenvalue weighted by Crippen LogP contribution is 2.28. The highest BCUT2D eigenvalue weighted by molar-refractivity contribution is 5.95. The van der Waals surface area contributed by atoms with Crippen LogP contribution in [0.5, 0.6) is 5.75 Å². The summed E-state index contributed by atoms with van der Waals surface area (Å²) in [5.41, 5.74) is 1.28. The number of benzene rings is 2. The minimum Gasteiger partial charge on any atom is -0.489 e. The van der Waals surface area contributed by atoms with Gasteiger partial charge in [-0.3, -0.25) is 4.79 Å². The molecule has 0 aromatic heterocycles. The average Bonchev–Trinajstić information content (AvgIpc) is 2.97. The Kier molecular flexibility index (Phi) is 4.94. The Morgan fingerprint density at radius 1 is 1.16 bits per heavy atom. The van der Waals surface area contributed by atoms with Crippen molar-refractivity contribution in [2.75, 3.05) is 11.4 Å². The predicted octanol–water partition coefficient (Wildman–Crippen LogP) is 3.81. The lowest BCUT2D eigenvalue weighted by Gasteiger charge is -2.17. The quantitative estimate of drug-likeness (QED) is 0.830.